The quantitative estimate of drug-likeness (QED) is 0.632. The number of anilines is 1. The minimum Gasteiger partial charge on any atom is -0.322 e. The highest BCUT2D eigenvalue weighted by Gasteiger charge is 2.37. The smallest absolute Gasteiger partial charge is 0.244 e. The summed E-state index contributed by atoms with van der Waals surface area (Å²) in [6, 6.07) is 8.89. The Hall–Kier alpha value is -3.06. The number of halogens is 2. The van der Waals surface area contributed by atoms with Crippen molar-refractivity contribution in [2.24, 2.45) is 5.73 Å². The van der Waals surface area contributed by atoms with E-state index >= 15 is 0 Å². The molecule has 144 valence electrons. The maximum absolute atomic E-state index is 14.4. The van der Waals surface area contributed by atoms with Crippen molar-refractivity contribution in [3.63, 3.8) is 0 Å². The van der Waals surface area contributed by atoms with Crippen molar-refractivity contribution in [2.75, 3.05) is 5.32 Å². The third kappa shape index (κ3) is 3.53. The topological polar surface area (TPSA) is 83.8 Å². The van der Waals surface area contributed by atoms with Gasteiger partial charge in [-0.05, 0) is 42.7 Å². The zero-order valence-corrected chi connectivity index (χ0v) is 15.1. The van der Waals surface area contributed by atoms with Crippen molar-refractivity contribution in [3.8, 4) is 0 Å². The molecule has 7 heteroatoms. The number of H-pyrrole nitrogens is 1. The minimum atomic E-state index is -0.941. The van der Waals surface area contributed by atoms with E-state index in [0.29, 0.717) is 29.4 Å². The zero-order valence-electron chi connectivity index (χ0n) is 15.1. The molecule has 0 unspecified atom stereocenters. The maximum atomic E-state index is 14.4. The average Bonchev–Trinajstić information content (AvgIpc) is 3.29. The van der Waals surface area contributed by atoms with Gasteiger partial charge in [-0.15, -0.1) is 0 Å². The number of rotatable bonds is 4. The Balaban J connectivity index is 1.62. The molecule has 0 spiro atoms. The van der Waals surface area contributed by atoms with Gasteiger partial charge in [0, 0.05) is 11.5 Å². The van der Waals surface area contributed by atoms with Gasteiger partial charge in [0.25, 0.3) is 0 Å². The van der Waals surface area contributed by atoms with Crippen LogP contribution in [0.4, 0.5) is 14.5 Å². The number of amides is 1. The summed E-state index contributed by atoms with van der Waals surface area (Å²) in [5.41, 5.74) is 7.19. The molecule has 1 aliphatic rings. The second-order valence-corrected chi connectivity index (χ2v) is 7.19. The molecule has 1 amide bonds. The van der Waals surface area contributed by atoms with E-state index in [9.17, 15) is 13.6 Å². The molecule has 0 bridgehead atoms. The number of nitrogens with one attached hydrogen (secondary N) is 2. The number of hydrogen-bond acceptors (Lipinski definition) is 3. The molecule has 0 radical (unpaired) electrons. The normalized spacial score (nSPS) is 16.1. The van der Waals surface area contributed by atoms with E-state index in [0.717, 1.165) is 18.4 Å². The molecular formula is C21H20F2N4O. The van der Waals surface area contributed by atoms with Crippen LogP contribution in [0.3, 0.4) is 0 Å². The summed E-state index contributed by atoms with van der Waals surface area (Å²) in [5.74, 6) is -1.23. The fourth-order valence-corrected chi connectivity index (χ4v) is 3.51. The lowest BCUT2D eigenvalue weighted by molar-refractivity contribution is -0.121. The van der Waals surface area contributed by atoms with E-state index in [2.05, 4.69) is 15.5 Å². The molecule has 28 heavy (non-hydrogen) atoms. The Morgan fingerprint density at radius 3 is 2.57 bits per heavy atom. The first-order chi connectivity index (χ1) is 13.4. The Bertz CT molecular complexity index is 1050. The fourth-order valence-electron chi connectivity index (χ4n) is 3.51. The first-order valence-corrected chi connectivity index (χ1v) is 9.16. The van der Waals surface area contributed by atoms with Crippen LogP contribution in [0, 0.1) is 11.6 Å². The lowest BCUT2D eigenvalue weighted by Gasteiger charge is -2.22. The summed E-state index contributed by atoms with van der Waals surface area (Å²) in [7, 11) is 0. The zero-order chi connectivity index (χ0) is 19.7. The molecule has 1 saturated carbocycles. The summed E-state index contributed by atoms with van der Waals surface area (Å²) >= 11 is 0. The molecule has 1 aliphatic carbocycles. The van der Waals surface area contributed by atoms with Gasteiger partial charge in [-0.1, -0.05) is 31.1 Å². The molecule has 0 aliphatic heterocycles. The Morgan fingerprint density at radius 1 is 1.14 bits per heavy atom. The number of fused-ring (bicyclic) bond motifs is 1. The standard InChI is InChI=1S/C21H20F2N4O/c22-14-6-3-13(4-7-14)5-8-17-15-11-19(16(23)12-18(15)27-26-17)25-20(28)21(24)9-1-2-10-21/h3-8,11-12H,1-2,9-10,24H2,(H,25,28)(H,26,27). The predicted octanol–water partition coefficient (Wildman–Crippen LogP) is 4.22. The number of carbonyl (C=O) groups is 1. The van der Waals surface area contributed by atoms with Gasteiger partial charge in [-0.3, -0.25) is 9.89 Å². The van der Waals surface area contributed by atoms with Crippen LogP contribution < -0.4 is 11.1 Å². The Kier molecular flexibility index (Phi) is 4.68. The van der Waals surface area contributed by atoms with Crippen molar-refractivity contribution in [2.45, 2.75) is 31.2 Å². The molecular weight excluding hydrogens is 362 g/mol. The van der Waals surface area contributed by atoms with Crippen LogP contribution in [-0.2, 0) is 4.79 Å². The largest absolute Gasteiger partial charge is 0.322 e. The number of nitrogens with two attached hydrogens (primary N) is 1. The number of aromatic amines is 1. The van der Waals surface area contributed by atoms with Crippen LogP contribution in [0.15, 0.2) is 36.4 Å². The highest BCUT2D eigenvalue weighted by Crippen LogP contribution is 2.30. The molecule has 3 aromatic rings. The third-order valence-corrected chi connectivity index (χ3v) is 5.18. The molecule has 4 N–H and O–H groups in total. The number of hydrogen-bond donors (Lipinski definition) is 3. The van der Waals surface area contributed by atoms with Gasteiger partial charge in [0.05, 0.1) is 22.4 Å². The van der Waals surface area contributed by atoms with Crippen LogP contribution in [0.5, 0.6) is 0 Å². The third-order valence-electron chi connectivity index (χ3n) is 5.18. The maximum Gasteiger partial charge on any atom is 0.244 e. The van der Waals surface area contributed by atoms with Crippen molar-refractivity contribution in [3.05, 3.63) is 59.3 Å². The van der Waals surface area contributed by atoms with E-state index in [1.54, 1.807) is 30.4 Å². The van der Waals surface area contributed by atoms with Gasteiger partial charge >= 0.3 is 0 Å². The lowest BCUT2D eigenvalue weighted by atomic mass is 9.98. The van der Waals surface area contributed by atoms with E-state index in [-0.39, 0.29) is 17.4 Å². The van der Waals surface area contributed by atoms with Gasteiger partial charge in [-0.2, -0.15) is 5.10 Å². The average molecular weight is 382 g/mol. The lowest BCUT2D eigenvalue weighted by Crippen LogP contribution is -2.48. The second kappa shape index (κ2) is 7.16. The van der Waals surface area contributed by atoms with E-state index < -0.39 is 11.4 Å². The van der Waals surface area contributed by atoms with Crippen molar-refractivity contribution < 1.29 is 13.6 Å². The van der Waals surface area contributed by atoms with Gasteiger partial charge in [-0.25, -0.2) is 8.78 Å². The number of carbonyl (C=O) groups excluding carboxylic acids is 1. The molecule has 1 heterocycles. The first kappa shape index (κ1) is 18.3. The fraction of sp³-hybridized carbons (Fsp3) is 0.238. The molecule has 0 atom stereocenters. The van der Waals surface area contributed by atoms with E-state index in [4.69, 9.17) is 5.73 Å². The molecule has 5 nitrogen and oxygen atoms in total. The van der Waals surface area contributed by atoms with Crippen LogP contribution >= 0.6 is 0 Å². The molecule has 1 aromatic heterocycles. The summed E-state index contributed by atoms with van der Waals surface area (Å²) in [6.45, 7) is 0. The van der Waals surface area contributed by atoms with E-state index in [1.165, 1.54) is 18.2 Å². The summed E-state index contributed by atoms with van der Waals surface area (Å²) in [6.07, 6.45) is 6.51. The van der Waals surface area contributed by atoms with Gasteiger partial charge in [0.2, 0.25) is 5.91 Å². The van der Waals surface area contributed by atoms with Gasteiger partial charge < -0.3 is 11.1 Å². The number of aromatic nitrogens is 2. The van der Waals surface area contributed by atoms with Gasteiger partial charge in [0.1, 0.15) is 11.6 Å². The predicted molar refractivity (Wildman–Crippen MR) is 105 cm³/mol. The Labute approximate surface area is 160 Å². The number of nitrogens with zero attached hydrogens (tertiary/aromatic N) is 1. The summed E-state index contributed by atoms with van der Waals surface area (Å²) in [4.78, 5) is 12.5. The van der Waals surface area contributed by atoms with Gasteiger partial charge in [0.15, 0.2) is 0 Å². The van der Waals surface area contributed by atoms with Crippen LogP contribution in [0.25, 0.3) is 23.1 Å². The first-order valence-electron chi connectivity index (χ1n) is 9.16. The molecule has 4 rings (SSSR count). The summed E-state index contributed by atoms with van der Waals surface area (Å²) < 4.78 is 27.4. The molecule has 0 saturated heterocycles. The molecule has 1 fully saturated rings. The van der Waals surface area contributed by atoms with Crippen LogP contribution in [0.2, 0.25) is 0 Å². The Morgan fingerprint density at radius 2 is 1.86 bits per heavy atom. The van der Waals surface area contributed by atoms with Crippen molar-refractivity contribution in [1.29, 1.82) is 0 Å². The second-order valence-electron chi connectivity index (χ2n) is 7.19. The van der Waals surface area contributed by atoms with Crippen molar-refractivity contribution >= 4 is 34.6 Å². The number of benzene rings is 2. The van der Waals surface area contributed by atoms with Crippen molar-refractivity contribution in [1.82, 2.24) is 10.2 Å². The molecule has 2 aromatic carbocycles. The van der Waals surface area contributed by atoms with Crippen LogP contribution in [0.1, 0.15) is 36.9 Å². The minimum absolute atomic E-state index is 0.0760. The highest BCUT2D eigenvalue weighted by molar-refractivity contribution is 6.00. The SMILES string of the molecule is NC1(C(=O)Nc2cc3c(C=Cc4ccc(F)cc4)n[nH]c3cc2F)CCCC1. The summed E-state index contributed by atoms with van der Waals surface area (Å²) in [5, 5.41) is 10.3. The monoisotopic (exact) mass is 382 g/mol. The van der Waals surface area contributed by atoms with Crippen LogP contribution in [-0.4, -0.2) is 21.6 Å². The highest BCUT2D eigenvalue weighted by atomic mass is 19.1. The van der Waals surface area contributed by atoms with E-state index in [1.807, 2.05) is 0 Å².